The predicted molar refractivity (Wildman–Crippen MR) is 107 cm³/mol. The van der Waals surface area contributed by atoms with Gasteiger partial charge in [0.25, 0.3) is 0 Å². The molecular formula is C16H14Cl2N2O2S3. The molecule has 132 valence electrons. The van der Waals surface area contributed by atoms with Crippen molar-refractivity contribution in [3.05, 3.63) is 52.0 Å². The van der Waals surface area contributed by atoms with Crippen molar-refractivity contribution in [3.8, 4) is 0 Å². The Morgan fingerprint density at radius 2 is 1.84 bits per heavy atom. The normalized spacial score (nSPS) is 12.2. The first-order chi connectivity index (χ1) is 11.8. The molecule has 2 aromatic carbocycles. The molecule has 0 unspecified atom stereocenters. The summed E-state index contributed by atoms with van der Waals surface area (Å²) in [4.78, 5) is 4.81. The van der Waals surface area contributed by atoms with E-state index in [4.69, 9.17) is 23.2 Å². The van der Waals surface area contributed by atoms with Crippen LogP contribution in [0.1, 0.15) is 5.56 Å². The first-order valence-electron chi connectivity index (χ1n) is 7.18. The molecule has 3 rings (SSSR count). The van der Waals surface area contributed by atoms with Crippen molar-refractivity contribution in [2.45, 2.75) is 15.0 Å². The second kappa shape index (κ2) is 7.42. The average molecular weight is 433 g/mol. The number of fused-ring (bicyclic) bond motifs is 1. The minimum absolute atomic E-state index is 0.263. The Bertz CT molecular complexity index is 1010. The molecule has 0 saturated heterocycles. The lowest BCUT2D eigenvalue weighted by Crippen LogP contribution is -2.22. The maximum absolute atomic E-state index is 12.2. The fourth-order valence-corrected chi connectivity index (χ4v) is 5.97. The molecule has 0 aliphatic rings. The summed E-state index contributed by atoms with van der Waals surface area (Å²) in [5, 5.41) is 1.25. The van der Waals surface area contributed by atoms with Crippen LogP contribution in [0.15, 0.2) is 45.6 Å². The van der Waals surface area contributed by atoms with E-state index in [9.17, 15) is 8.42 Å². The summed E-state index contributed by atoms with van der Waals surface area (Å²) in [6, 6.07) is 10.4. The van der Waals surface area contributed by atoms with Crippen LogP contribution >= 0.6 is 46.3 Å². The van der Waals surface area contributed by atoms with E-state index in [1.54, 1.807) is 30.3 Å². The Morgan fingerprint density at radius 3 is 2.48 bits per heavy atom. The first-order valence-corrected chi connectivity index (χ1v) is 11.2. The third-order valence-electron chi connectivity index (χ3n) is 3.52. The van der Waals surface area contributed by atoms with Gasteiger partial charge >= 0.3 is 0 Å². The molecule has 0 radical (unpaired) electrons. The molecule has 0 bridgehead atoms. The molecule has 0 amide bonds. The molecule has 0 spiro atoms. The number of benzene rings is 2. The van der Waals surface area contributed by atoms with Crippen LogP contribution in [-0.2, 0) is 15.8 Å². The summed E-state index contributed by atoms with van der Waals surface area (Å²) in [5.74, 6) is 0.598. The molecule has 0 aliphatic heterocycles. The molecule has 0 N–H and O–H groups in total. The highest BCUT2D eigenvalue weighted by molar-refractivity contribution is 8.00. The Labute approximate surface area is 164 Å². The van der Waals surface area contributed by atoms with Gasteiger partial charge in [-0.3, -0.25) is 0 Å². The summed E-state index contributed by atoms with van der Waals surface area (Å²) >= 11 is 15.4. The van der Waals surface area contributed by atoms with Gasteiger partial charge in [0, 0.05) is 29.9 Å². The van der Waals surface area contributed by atoms with E-state index in [1.165, 1.54) is 41.5 Å². The average Bonchev–Trinajstić information content (AvgIpc) is 2.96. The van der Waals surface area contributed by atoms with Gasteiger partial charge in [-0.15, -0.1) is 11.3 Å². The van der Waals surface area contributed by atoms with Crippen LogP contribution in [0.25, 0.3) is 10.2 Å². The first kappa shape index (κ1) is 18.9. The highest BCUT2D eigenvalue weighted by Gasteiger charge is 2.18. The monoisotopic (exact) mass is 432 g/mol. The number of rotatable bonds is 5. The van der Waals surface area contributed by atoms with Gasteiger partial charge in [0.1, 0.15) is 0 Å². The Kier molecular flexibility index (Phi) is 5.63. The lowest BCUT2D eigenvalue weighted by Gasteiger charge is -2.10. The summed E-state index contributed by atoms with van der Waals surface area (Å²) < 4.78 is 27.4. The van der Waals surface area contributed by atoms with Crippen molar-refractivity contribution < 1.29 is 8.42 Å². The number of nitrogens with zero attached hydrogens (tertiary/aromatic N) is 2. The second-order valence-electron chi connectivity index (χ2n) is 5.39. The molecule has 1 aromatic heterocycles. The second-order valence-corrected chi connectivity index (χ2v) is 10.6. The number of halogens is 2. The van der Waals surface area contributed by atoms with Crippen LogP contribution in [0.2, 0.25) is 10.0 Å². The van der Waals surface area contributed by atoms with Crippen molar-refractivity contribution in [1.29, 1.82) is 0 Å². The molecule has 1 heterocycles. The minimum Gasteiger partial charge on any atom is -0.230 e. The van der Waals surface area contributed by atoms with Crippen LogP contribution < -0.4 is 0 Å². The van der Waals surface area contributed by atoms with E-state index < -0.39 is 10.0 Å². The number of hydrogen-bond donors (Lipinski definition) is 0. The fraction of sp³-hybridized carbons (Fsp3) is 0.188. The smallest absolute Gasteiger partial charge is 0.230 e. The van der Waals surface area contributed by atoms with Crippen molar-refractivity contribution in [3.63, 3.8) is 0 Å². The molecule has 3 aromatic rings. The topological polar surface area (TPSA) is 50.3 Å². The van der Waals surface area contributed by atoms with E-state index in [1.807, 2.05) is 6.07 Å². The highest BCUT2D eigenvalue weighted by atomic mass is 35.5. The molecule has 0 atom stereocenters. The zero-order chi connectivity index (χ0) is 18.2. The Hall–Kier alpha value is -0.830. The van der Waals surface area contributed by atoms with Gasteiger partial charge in [0.15, 0.2) is 4.34 Å². The molecule has 25 heavy (non-hydrogen) atoms. The lowest BCUT2D eigenvalue weighted by molar-refractivity contribution is 0.521. The van der Waals surface area contributed by atoms with E-state index in [0.717, 1.165) is 20.1 Å². The Balaban J connectivity index is 1.87. The zero-order valence-electron chi connectivity index (χ0n) is 13.4. The third-order valence-corrected chi connectivity index (χ3v) is 8.23. The summed E-state index contributed by atoms with van der Waals surface area (Å²) in [6.07, 6.45) is 0. The maximum Gasteiger partial charge on any atom is 0.242 e. The third kappa shape index (κ3) is 3.97. The predicted octanol–water partition coefficient (Wildman–Crippen LogP) is 5.15. The number of aromatic nitrogens is 1. The highest BCUT2D eigenvalue weighted by Crippen LogP contribution is 2.36. The van der Waals surface area contributed by atoms with Gasteiger partial charge in [-0.25, -0.2) is 17.7 Å². The quantitative estimate of drug-likeness (QED) is 0.523. The van der Waals surface area contributed by atoms with E-state index in [2.05, 4.69) is 4.98 Å². The number of thiazole rings is 1. The lowest BCUT2D eigenvalue weighted by atomic mass is 10.2. The number of sulfonamides is 1. The van der Waals surface area contributed by atoms with Crippen LogP contribution in [0.5, 0.6) is 0 Å². The van der Waals surface area contributed by atoms with Crippen LogP contribution in [0, 0.1) is 0 Å². The van der Waals surface area contributed by atoms with Crippen molar-refractivity contribution in [2.24, 2.45) is 0 Å². The zero-order valence-corrected chi connectivity index (χ0v) is 17.3. The molecule has 4 nitrogen and oxygen atoms in total. The van der Waals surface area contributed by atoms with E-state index in [0.29, 0.717) is 15.8 Å². The molecular weight excluding hydrogens is 419 g/mol. The molecule has 0 aliphatic carbocycles. The minimum atomic E-state index is -3.46. The summed E-state index contributed by atoms with van der Waals surface area (Å²) in [5.41, 5.74) is 1.64. The van der Waals surface area contributed by atoms with Crippen molar-refractivity contribution in [1.82, 2.24) is 9.29 Å². The number of thioether (sulfide) groups is 1. The standard InChI is InChI=1S/C16H14Cl2N2O2S3/c1-20(2)25(21,22)10-6-7-14-15(8-10)24-16(19-14)23-9-11-12(17)4-3-5-13(11)18/h3-8H,9H2,1-2H3. The van der Waals surface area contributed by atoms with Gasteiger partial charge in [-0.05, 0) is 35.9 Å². The van der Waals surface area contributed by atoms with E-state index in [-0.39, 0.29) is 4.90 Å². The van der Waals surface area contributed by atoms with Gasteiger partial charge in [-0.2, -0.15) is 0 Å². The summed E-state index contributed by atoms with van der Waals surface area (Å²) in [7, 11) is -0.426. The van der Waals surface area contributed by atoms with Gasteiger partial charge in [-0.1, -0.05) is 41.0 Å². The van der Waals surface area contributed by atoms with Gasteiger partial charge < -0.3 is 0 Å². The fourth-order valence-electron chi connectivity index (χ4n) is 2.12. The van der Waals surface area contributed by atoms with Crippen LogP contribution in [-0.4, -0.2) is 31.8 Å². The van der Waals surface area contributed by atoms with Gasteiger partial charge in [0.2, 0.25) is 10.0 Å². The number of hydrogen-bond acceptors (Lipinski definition) is 5. The maximum atomic E-state index is 12.2. The molecule has 0 fully saturated rings. The molecule has 9 heteroatoms. The Morgan fingerprint density at radius 1 is 1.16 bits per heavy atom. The van der Waals surface area contributed by atoms with Crippen LogP contribution in [0.3, 0.4) is 0 Å². The van der Waals surface area contributed by atoms with Crippen LogP contribution in [0.4, 0.5) is 0 Å². The SMILES string of the molecule is CN(C)S(=O)(=O)c1ccc2nc(SCc3c(Cl)cccc3Cl)sc2c1. The van der Waals surface area contributed by atoms with Crippen molar-refractivity contribution in [2.75, 3.05) is 14.1 Å². The van der Waals surface area contributed by atoms with Gasteiger partial charge in [0.05, 0.1) is 15.1 Å². The van der Waals surface area contributed by atoms with E-state index >= 15 is 0 Å². The largest absolute Gasteiger partial charge is 0.242 e. The molecule has 0 saturated carbocycles. The summed E-state index contributed by atoms with van der Waals surface area (Å²) in [6.45, 7) is 0. The van der Waals surface area contributed by atoms with Crippen molar-refractivity contribution >= 4 is 66.5 Å².